The fraction of sp³-hybridized carbons (Fsp3) is 0.435. The number of piperidine rings is 1. The van der Waals surface area contributed by atoms with Crippen LogP contribution in [0.2, 0.25) is 5.02 Å². The Hall–Kier alpha value is -2.47. The zero-order valence-electron chi connectivity index (χ0n) is 19.4. The molecule has 1 aromatic heterocycles. The van der Waals surface area contributed by atoms with Crippen molar-refractivity contribution in [2.45, 2.75) is 37.6 Å². The first-order valence-corrected chi connectivity index (χ1v) is 13.8. The smallest absolute Gasteiger partial charge is 0.341 e. The van der Waals surface area contributed by atoms with Gasteiger partial charge in [0.1, 0.15) is 5.00 Å². The van der Waals surface area contributed by atoms with Crippen LogP contribution < -0.4 is 5.32 Å². The molecule has 0 bridgehead atoms. The summed E-state index contributed by atoms with van der Waals surface area (Å²) in [5, 5.41) is 3.66. The van der Waals surface area contributed by atoms with Crippen molar-refractivity contribution in [3.05, 3.63) is 45.3 Å². The molecule has 1 atom stereocenters. The molecule has 0 saturated carbocycles. The summed E-state index contributed by atoms with van der Waals surface area (Å²) in [6.45, 7) is 2.70. The van der Waals surface area contributed by atoms with Crippen molar-refractivity contribution in [3.63, 3.8) is 0 Å². The van der Waals surface area contributed by atoms with Gasteiger partial charge in [-0.25, -0.2) is 13.2 Å². The zero-order valence-corrected chi connectivity index (χ0v) is 21.8. The molecule has 188 valence electrons. The zero-order chi connectivity index (χ0) is 25.3. The first-order valence-electron chi connectivity index (χ1n) is 11.2. The minimum absolute atomic E-state index is 0.0353. The topological polar surface area (TPSA) is 113 Å². The van der Waals surface area contributed by atoms with E-state index in [1.54, 1.807) is 4.90 Å². The minimum Gasteiger partial charge on any atom is -0.465 e. The monoisotopic (exact) mass is 539 g/mol. The van der Waals surface area contributed by atoms with Crippen LogP contribution in [0, 0.1) is 5.92 Å². The predicted octanol–water partition coefficient (Wildman–Crippen LogP) is 3.13. The lowest BCUT2D eigenvalue weighted by Crippen LogP contribution is -2.43. The quantitative estimate of drug-likeness (QED) is 0.584. The van der Waals surface area contributed by atoms with E-state index < -0.39 is 21.9 Å². The number of rotatable bonds is 5. The van der Waals surface area contributed by atoms with Crippen molar-refractivity contribution < 1.29 is 27.5 Å². The molecule has 1 N–H and O–H groups in total. The van der Waals surface area contributed by atoms with Gasteiger partial charge in [0, 0.05) is 36.5 Å². The number of amides is 2. The third-order valence-electron chi connectivity index (χ3n) is 6.33. The number of hydrogen-bond acceptors (Lipinski definition) is 7. The number of hydrogen-bond donors (Lipinski definition) is 1. The maximum atomic E-state index is 13.2. The molecule has 12 heteroatoms. The molecule has 0 radical (unpaired) electrons. The Balaban J connectivity index is 1.54. The number of halogens is 1. The number of sulfonamides is 1. The highest BCUT2D eigenvalue weighted by Crippen LogP contribution is 2.38. The summed E-state index contributed by atoms with van der Waals surface area (Å²) < 4.78 is 32.4. The van der Waals surface area contributed by atoms with Crippen LogP contribution in [0.3, 0.4) is 0 Å². The molecule has 1 aromatic carbocycles. The molecule has 9 nitrogen and oxygen atoms in total. The van der Waals surface area contributed by atoms with Crippen LogP contribution in [0.1, 0.15) is 40.6 Å². The molecule has 1 saturated heterocycles. The van der Waals surface area contributed by atoms with E-state index in [0.29, 0.717) is 54.5 Å². The van der Waals surface area contributed by atoms with E-state index in [9.17, 15) is 22.8 Å². The second kappa shape index (κ2) is 10.3. The van der Waals surface area contributed by atoms with Gasteiger partial charge in [-0.1, -0.05) is 11.6 Å². The second-order valence-corrected chi connectivity index (χ2v) is 12.0. The number of benzene rings is 1. The molecular formula is C23H26ClN3O6S2. The van der Waals surface area contributed by atoms with Crippen molar-refractivity contribution in [2.24, 2.45) is 5.92 Å². The summed E-state index contributed by atoms with van der Waals surface area (Å²) in [6, 6.07) is 5.93. The predicted molar refractivity (Wildman–Crippen MR) is 132 cm³/mol. The van der Waals surface area contributed by atoms with E-state index >= 15 is 0 Å². The van der Waals surface area contributed by atoms with E-state index in [2.05, 4.69) is 5.32 Å². The normalized spacial score (nSPS) is 18.6. The van der Waals surface area contributed by atoms with Gasteiger partial charge in [0.2, 0.25) is 21.8 Å². The van der Waals surface area contributed by atoms with Crippen molar-refractivity contribution in [1.29, 1.82) is 0 Å². The van der Waals surface area contributed by atoms with Crippen LogP contribution in [0.4, 0.5) is 5.00 Å². The SMILES string of the molecule is COC(=O)c1c(NC(=O)C2CCCN(S(=O)(=O)c3ccc(Cl)cc3)C2)sc2c1CCN(C(C)=O)C2. The number of methoxy groups -OCH3 is 1. The van der Waals surface area contributed by atoms with Gasteiger partial charge in [-0.15, -0.1) is 11.3 Å². The lowest BCUT2D eigenvalue weighted by atomic mass is 9.98. The highest BCUT2D eigenvalue weighted by atomic mass is 35.5. The van der Waals surface area contributed by atoms with Crippen LogP contribution in [0.25, 0.3) is 0 Å². The maximum Gasteiger partial charge on any atom is 0.341 e. The Labute approximate surface area is 213 Å². The molecular weight excluding hydrogens is 514 g/mol. The Kier molecular flexibility index (Phi) is 7.51. The van der Waals surface area contributed by atoms with Gasteiger partial charge < -0.3 is 15.0 Å². The molecule has 2 aliphatic rings. The third-order valence-corrected chi connectivity index (χ3v) is 9.60. The summed E-state index contributed by atoms with van der Waals surface area (Å²) in [7, 11) is -2.49. The van der Waals surface area contributed by atoms with Gasteiger partial charge in [0.15, 0.2) is 0 Å². The number of anilines is 1. The van der Waals surface area contributed by atoms with Gasteiger partial charge in [0.05, 0.1) is 30.0 Å². The highest BCUT2D eigenvalue weighted by Gasteiger charge is 2.35. The van der Waals surface area contributed by atoms with Crippen LogP contribution in [0.5, 0.6) is 0 Å². The third kappa shape index (κ3) is 5.23. The fourth-order valence-electron chi connectivity index (χ4n) is 4.42. The minimum atomic E-state index is -3.77. The van der Waals surface area contributed by atoms with E-state index in [1.807, 2.05) is 0 Å². The average molecular weight is 540 g/mol. The molecule has 2 aliphatic heterocycles. The summed E-state index contributed by atoms with van der Waals surface area (Å²) in [4.78, 5) is 40.2. The van der Waals surface area contributed by atoms with Crippen molar-refractivity contribution in [3.8, 4) is 0 Å². The second-order valence-electron chi connectivity index (χ2n) is 8.54. The van der Waals surface area contributed by atoms with Gasteiger partial charge in [0.25, 0.3) is 0 Å². The lowest BCUT2D eigenvalue weighted by Gasteiger charge is -2.31. The van der Waals surface area contributed by atoms with Gasteiger partial charge in [-0.3, -0.25) is 9.59 Å². The lowest BCUT2D eigenvalue weighted by molar-refractivity contribution is -0.129. The maximum absolute atomic E-state index is 13.2. The first-order chi connectivity index (χ1) is 16.6. The Morgan fingerprint density at radius 1 is 1.17 bits per heavy atom. The van der Waals surface area contributed by atoms with Gasteiger partial charge in [-0.05, 0) is 49.1 Å². The standard InChI is InChI=1S/C23H26ClN3O6S2/c1-14(28)26-11-9-18-19(13-26)34-22(20(18)23(30)33-2)25-21(29)15-4-3-10-27(12-15)35(31,32)17-7-5-16(24)6-8-17/h5-8,15H,3-4,9-13H2,1-2H3,(H,25,29). The van der Waals surface area contributed by atoms with E-state index in [-0.39, 0.29) is 23.3 Å². The summed E-state index contributed by atoms with van der Waals surface area (Å²) in [5.41, 5.74) is 1.09. The van der Waals surface area contributed by atoms with E-state index in [4.69, 9.17) is 16.3 Å². The number of ether oxygens (including phenoxy) is 1. The summed E-state index contributed by atoms with van der Waals surface area (Å²) in [6.07, 6.45) is 1.54. The number of fused-ring (bicyclic) bond motifs is 1. The highest BCUT2D eigenvalue weighted by molar-refractivity contribution is 7.89. The van der Waals surface area contributed by atoms with E-state index in [0.717, 1.165) is 10.4 Å². The molecule has 1 fully saturated rings. The van der Waals surface area contributed by atoms with Crippen LogP contribution in [0.15, 0.2) is 29.2 Å². The first kappa shape index (κ1) is 25.6. The molecule has 1 unspecified atom stereocenters. The summed E-state index contributed by atoms with van der Waals surface area (Å²) >= 11 is 7.14. The van der Waals surface area contributed by atoms with Crippen LogP contribution in [-0.2, 0) is 37.3 Å². The molecule has 0 aliphatic carbocycles. The molecule has 4 rings (SSSR count). The number of nitrogens with zero attached hydrogens (tertiary/aromatic N) is 2. The van der Waals surface area contributed by atoms with Crippen LogP contribution in [-0.4, -0.2) is 62.2 Å². The fourth-order valence-corrected chi connectivity index (χ4v) is 7.33. The largest absolute Gasteiger partial charge is 0.465 e. The number of carbonyl (C=O) groups excluding carboxylic acids is 3. The number of nitrogens with one attached hydrogen (secondary N) is 1. The van der Waals surface area contributed by atoms with Gasteiger partial charge >= 0.3 is 5.97 Å². The Bertz CT molecular complexity index is 1260. The average Bonchev–Trinajstić information content (AvgIpc) is 3.20. The number of carbonyl (C=O) groups is 3. The van der Waals surface area contributed by atoms with Crippen molar-refractivity contribution >= 4 is 55.7 Å². The number of esters is 1. The molecule has 35 heavy (non-hydrogen) atoms. The molecule has 3 heterocycles. The molecule has 2 aromatic rings. The Morgan fingerprint density at radius 2 is 1.89 bits per heavy atom. The van der Waals surface area contributed by atoms with Crippen molar-refractivity contribution in [2.75, 3.05) is 32.1 Å². The molecule has 2 amide bonds. The Morgan fingerprint density at radius 3 is 2.54 bits per heavy atom. The van der Waals surface area contributed by atoms with Gasteiger partial charge in [-0.2, -0.15) is 4.31 Å². The van der Waals surface area contributed by atoms with Crippen molar-refractivity contribution in [1.82, 2.24) is 9.21 Å². The van der Waals surface area contributed by atoms with E-state index in [1.165, 1.54) is 53.9 Å². The summed E-state index contributed by atoms with van der Waals surface area (Å²) in [5.74, 6) is -1.54. The molecule has 0 spiro atoms. The number of thiophene rings is 1. The van der Waals surface area contributed by atoms with Crippen LogP contribution >= 0.6 is 22.9 Å².